The van der Waals surface area contributed by atoms with Crippen LogP contribution < -0.4 is 5.32 Å². The Morgan fingerprint density at radius 3 is 2.61 bits per heavy atom. The molecular weight excluding hydrogens is 296 g/mol. The summed E-state index contributed by atoms with van der Waals surface area (Å²) in [7, 11) is 0. The van der Waals surface area contributed by atoms with E-state index >= 15 is 0 Å². The van der Waals surface area contributed by atoms with Crippen molar-refractivity contribution in [2.24, 2.45) is 0 Å². The Bertz CT molecular complexity index is 496. The molecular formula is C13H15BrN2O2. The molecule has 2 rings (SSSR count). The molecule has 1 aromatic rings. The molecule has 1 N–H and O–H groups in total. The largest absolute Gasteiger partial charge is 0.346 e. The topological polar surface area (TPSA) is 49.4 Å². The van der Waals surface area contributed by atoms with E-state index in [-0.39, 0.29) is 17.9 Å². The van der Waals surface area contributed by atoms with Crippen molar-refractivity contribution in [2.75, 3.05) is 13.1 Å². The fourth-order valence-electron chi connectivity index (χ4n) is 1.97. The van der Waals surface area contributed by atoms with Crippen molar-refractivity contribution in [1.82, 2.24) is 10.2 Å². The maximum absolute atomic E-state index is 12.0. The minimum atomic E-state index is -0.0757. The van der Waals surface area contributed by atoms with E-state index < -0.39 is 0 Å². The van der Waals surface area contributed by atoms with Crippen molar-refractivity contribution in [3.8, 4) is 0 Å². The van der Waals surface area contributed by atoms with Gasteiger partial charge in [0.2, 0.25) is 5.91 Å². The van der Waals surface area contributed by atoms with E-state index in [1.165, 1.54) is 6.92 Å². The van der Waals surface area contributed by atoms with Crippen LogP contribution in [0, 0.1) is 6.92 Å². The van der Waals surface area contributed by atoms with Crippen LogP contribution in [0.1, 0.15) is 22.8 Å². The third-order valence-corrected chi connectivity index (χ3v) is 3.59. The highest BCUT2D eigenvalue weighted by Crippen LogP contribution is 2.16. The Balaban J connectivity index is 1.95. The third kappa shape index (κ3) is 2.72. The van der Waals surface area contributed by atoms with E-state index in [1.54, 1.807) is 11.0 Å². The molecule has 5 heteroatoms. The average Bonchev–Trinajstić information content (AvgIpc) is 2.21. The second kappa shape index (κ2) is 5.10. The monoisotopic (exact) mass is 310 g/mol. The molecule has 2 amide bonds. The zero-order valence-corrected chi connectivity index (χ0v) is 12.0. The van der Waals surface area contributed by atoms with Gasteiger partial charge in [-0.15, -0.1) is 0 Å². The molecule has 96 valence electrons. The molecule has 0 saturated carbocycles. The molecule has 0 atom stereocenters. The first-order valence-electron chi connectivity index (χ1n) is 5.80. The molecule has 1 heterocycles. The van der Waals surface area contributed by atoms with Gasteiger partial charge >= 0.3 is 0 Å². The van der Waals surface area contributed by atoms with Crippen molar-refractivity contribution < 1.29 is 9.59 Å². The number of hydrogen-bond acceptors (Lipinski definition) is 2. The number of carbonyl (C=O) groups excluding carboxylic acids is 2. The van der Waals surface area contributed by atoms with Gasteiger partial charge in [-0.2, -0.15) is 0 Å². The van der Waals surface area contributed by atoms with Crippen LogP contribution in [0.2, 0.25) is 0 Å². The summed E-state index contributed by atoms with van der Waals surface area (Å²) < 4.78 is 0.961. The molecule has 1 aliphatic heterocycles. The number of nitrogens with one attached hydrogen (secondary N) is 1. The minimum Gasteiger partial charge on any atom is -0.346 e. The van der Waals surface area contributed by atoms with E-state index in [0.29, 0.717) is 18.7 Å². The van der Waals surface area contributed by atoms with Crippen LogP contribution in [0.25, 0.3) is 0 Å². The summed E-state index contributed by atoms with van der Waals surface area (Å²) in [4.78, 5) is 24.8. The van der Waals surface area contributed by atoms with E-state index in [4.69, 9.17) is 0 Å². The summed E-state index contributed by atoms with van der Waals surface area (Å²) in [6.07, 6.45) is 0. The van der Waals surface area contributed by atoms with Gasteiger partial charge in [-0.05, 0) is 30.7 Å². The number of aryl methyl sites for hydroxylation is 1. The summed E-state index contributed by atoms with van der Waals surface area (Å²) in [5.41, 5.74) is 1.61. The lowest BCUT2D eigenvalue weighted by molar-refractivity contribution is -0.133. The normalized spacial score (nSPS) is 15.2. The van der Waals surface area contributed by atoms with Crippen LogP contribution >= 0.6 is 15.9 Å². The predicted molar refractivity (Wildman–Crippen MR) is 72.4 cm³/mol. The van der Waals surface area contributed by atoms with Crippen molar-refractivity contribution in [3.05, 3.63) is 33.8 Å². The molecule has 18 heavy (non-hydrogen) atoms. The average molecular weight is 311 g/mol. The minimum absolute atomic E-state index is 0.0559. The molecule has 4 nitrogen and oxygen atoms in total. The van der Waals surface area contributed by atoms with Gasteiger partial charge in [0.15, 0.2) is 0 Å². The van der Waals surface area contributed by atoms with E-state index in [1.807, 2.05) is 19.1 Å². The summed E-state index contributed by atoms with van der Waals surface area (Å²) in [6, 6.07) is 5.64. The van der Waals surface area contributed by atoms with Crippen molar-refractivity contribution in [1.29, 1.82) is 0 Å². The molecule has 0 radical (unpaired) electrons. The van der Waals surface area contributed by atoms with Crippen LogP contribution in [0.5, 0.6) is 0 Å². The van der Waals surface area contributed by atoms with Crippen LogP contribution in [0.15, 0.2) is 22.7 Å². The van der Waals surface area contributed by atoms with Gasteiger partial charge in [-0.25, -0.2) is 0 Å². The maximum Gasteiger partial charge on any atom is 0.251 e. The number of amides is 2. The van der Waals surface area contributed by atoms with Gasteiger partial charge in [0.1, 0.15) is 0 Å². The molecule has 0 aliphatic carbocycles. The summed E-state index contributed by atoms with van der Waals surface area (Å²) in [5, 5.41) is 2.93. The fourth-order valence-corrected chi connectivity index (χ4v) is 2.45. The molecule has 0 bridgehead atoms. The first-order chi connectivity index (χ1) is 8.47. The highest BCUT2D eigenvalue weighted by molar-refractivity contribution is 9.10. The third-order valence-electron chi connectivity index (χ3n) is 3.10. The smallest absolute Gasteiger partial charge is 0.251 e. The van der Waals surface area contributed by atoms with Crippen LogP contribution in [-0.4, -0.2) is 35.8 Å². The maximum atomic E-state index is 12.0. The Kier molecular flexibility index (Phi) is 3.71. The van der Waals surface area contributed by atoms with Crippen molar-refractivity contribution in [3.63, 3.8) is 0 Å². The van der Waals surface area contributed by atoms with Crippen LogP contribution in [0.3, 0.4) is 0 Å². The summed E-state index contributed by atoms with van der Waals surface area (Å²) in [5.74, 6) is -0.0199. The number of carbonyl (C=O) groups is 2. The van der Waals surface area contributed by atoms with E-state index in [0.717, 1.165) is 10.0 Å². The Labute approximate surface area is 114 Å². The number of hydrogen-bond donors (Lipinski definition) is 1. The first kappa shape index (κ1) is 13.1. The molecule has 1 aliphatic rings. The lowest BCUT2D eigenvalue weighted by Crippen LogP contribution is -2.60. The van der Waals surface area contributed by atoms with Crippen LogP contribution in [0.4, 0.5) is 0 Å². The first-order valence-corrected chi connectivity index (χ1v) is 6.59. The van der Waals surface area contributed by atoms with E-state index in [9.17, 15) is 9.59 Å². The van der Waals surface area contributed by atoms with Gasteiger partial charge < -0.3 is 10.2 Å². The van der Waals surface area contributed by atoms with Crippen molar-refractivity contribution >= 4 is 27.7 Å². The SMILES string of the molecule is CC(=O)N1CC(NC(=O)c2ccc(Br)cc2C)C1. The second-order valence-electron chi connectivity index (χ2n) is 4.55. The number of benzene rings is 1. The molecule has 0 spiro atoms. The van der Waals surface area contributed by atoms with Gasteiger partial charge in [-0.3, -0.25) is 9.59 Å². The predicted octanol–water partition coefficient (Wildman–Crippen LogP) is 1.72. The molecule has 1 aromatic carbocycles. The van der Waals surface area contributed by atoms with Gasteiger partial charge in [0.05, 0.1) is 6.04 Å². The lowest BCUT2D eigenvalue weighted by Gasteiger charge is -2.38. The second-order valence-corrected chi connectivity index (χ2v) is 5.47. The quantitative estimate of drug-likeness (QED) is 0.904. The summed E-state index contributed by atoms with van der Waals surface area (Å²) in [6.45, 7) is 4.66. The Morgan fingerprint density at radius 1 is 1.39 bits per heavy atom. The molecule has 1 fully saturated rings. The summed E-state index contributed by atoms with van der Waals surface area (Å²) >= 11 is 3.37. The molecule has 0 aromatic heterocycles. The number of halogens is 1. The Hall–Kier alpha value is -1.36. The molecule has 1 saturated heterocycles. The number of nitrogens with zero attached hydrogens (tertiary/aromatic N) is 1. The van der Waals surface area contributed by atoms with Crippen LogP contribution in [-0.2, 0) is 4.79 Å². The van der Waals surface area contributed by atoms with Gasteiger partial charge in [-0.1, -0.05) is 15.9 Å². The zero-order chi connectivity index (χ0) is 13.3. The van der Waals surface area contributed by atoms with Gasteiger partial charge in [0.25, 0.3) is 5.91 Å². The van der Waals surface area contributed by atoms with Crippen molar-refractivity contribution in [2.45, 2.75) is 19.9 Å². The lowest BCUT2D eigenvalue weighted by atomic mass is 10.1. The highest BCUT2D eigenvalue weighted by Gasteiger charge is 2.29. The number of rotatable bonds is 2. The highest BCUT2D eigenvalue weighted by atomic mass is 79.9. The van der Waals surface area contributed by atoms with E-state index in [2.05, 4.69) is 21.2 Å². The zero-order valence-electron chi connectivity index (χ0n) is 10.4. The number of likely N-dealkylation sites (tertiary alicyclic amines) is 1. The standard InChI is InChI=1S/C13H15BrN2O2/c1-8-5-10(14)3-4-12(8)13(18)15-11-6-16(7-11)9(2)17/h3-5,11H,6-7H2,1-2H3,(H,15,18). The fraction of sp³-hybridized carbons (Fsp3) is 0.385. The molecule has 0 unspecified atom stereocenters. The van der Waals surface area contributed by atoms with Gasteiger partial charge in [0, 0.05) is 30.0 Å². The Morgan fingerprint density at radius 2 is 2.06 bits per heavy atom.